The van der Waals surface area contributed by atoms with Gasteiger partial charge in [-0.15, -0.1) is 0 Å². The normalized spacial score (nSPS) is 14.5. The van der Waals surface area contributed by atoms with E-state index in [1.54, 1.807) is 12.1 Å². The van der Waals surface area contributed by atoms with Crippen molar-refractivity contribution in [3.8, 4) is 17.6 Å². The first kappa shape index (κ1) is 26.3. The van der Waals surface area contributed by atoms with Gasteiger partial charge in [0.2, 0.25) is 0 Å². The molecule has 1 aliphatic rings. The zero-order valence-corrected chi connectivity index (χ0v) is 20.7. The number of likely N-dealkylation sites (tertiary alicyclic amines) is 1. The summed E-state index contributed by atoms with van der Waals surface area (Å²) in [5, 5.41) is 2.82. The molecule has 1 fully saturated rings. The largest absolute Gasteiger partial charge is 0.490 e. The lowest BCUT2D eigenvalue weighted by Gasteiger charge is -2.30. The van der Waals surface area contributed by atoms with Gasteiger partial charge in [0.15, 0.2) is 0 Å². The van der Waals surface area contributed by atoms with Gasteiger partial charge in [-0.2, -0.15) is 13.2 Å². The van der Waals surface area contributed by atoms with Crippen LogP contribution in [0.4, 0.5) is 24.7 Å². The fourth-order valence-corrected chi connectivity index (χ4v) is 4.00. The van der Waals surface area contributed by atoms with E-state index in [2.05, 4.69) is 27.0 Å². The molecule has 1 amide bonds. The highest BCUT2D eigenvalue weighted by Gasteiger charge is 2.36. The summed E-state index contributed by atoms with van der Waals surface area (Å²) in [5.74, 6) is 5.10. The Hall–Kier alpha value is -3.74. The smallest absolute Gasteiger partial charge is 0.420 e. The Morgan fingerprint density at radius 2 is 1.86 bits per heavy atom. The molecule has 10 heteroatoms. The minimum Gasteiger partial charge on any atom is -0.490 e. The number of hydrogen-bond donors (Lipinski definition) is 2. The molecule has 192 valence electrons. The molecule has 0 aliphatic carbocycles. The van der Waals surface area contributed by atoms with Crippen molar-refractivity contribution in [2.45, 2.75) is 25.1 Å². The van der Waals surface area contributed by atoms with E-state index in [9.17, 15) is 18.0 Å². The first-order valence-corrected chi connectivity index (χ1v) is 11.9. The van der Waals surface area contributed by atoms with E-state index in [0.29, 0.717) is 29.0 Å². The van der Waals surface area contributed by atoms with Crippen LogP contribution in [0.1, 0.15) is 39.9 Å². The zero-order valence-electron chi connectivity index (χ0n) is 19.9. The highest BCUT2D eigenvalue weighted by molar-refractivity contribution is 6.32. The molecule has 4 rings (SSSR count). The van der Waals surface area contributed by atoms with Crippen LogP contribution < -0.4 is 15.8 Å². The van der Waals surface area contributed by atoms with Gasteiger partial charge in [-0.25, -0.2) is 4.98 Å². The van der Waals surface area contributed by atoms with Gasteiger partial charge < -0.3 is 20.7 Å². The van der Waals surface area contributed by atoms with Crippen LogP contribution in [-0.4, -0.2) is 42.0 Å². The summed E-state index contributed by atoms with van der Waals surface area (Å²) in [7, 11) is 1.96. The van der Waals surface area contributed by atoms with E-state index in [4.69, 9.17) is 22.1 Å². The van der Waals surface area contributed by atoms with E-state index >= 15 is 0 Å². The monoisotopic (exact) mass is 528 g/mol. The summed E-state index contributed by atoms with van der Waals surface area (Å²) >= 11 is 6.22. The topological polar surface area (TPSA) is 80.5 Å². The summed E-state index contributed by atoms with van der Waals surface area (Å²) in [6.45, 7) is 1.51. The lowest BCUT2D eigenvalue weighted by atomic mass is 10.1. The number of rotatable bonds is 4. The van der Waals surface area contributed by atoms with E-state index in [1.165, 1.54) is 36.5 Å². The molecule has 0 bridgehead atoms. The summed E-state index contributed by atoms with van der Waals surface area (Å²) in [6, 6.07) is 11.3. The van der Waals surface area contributed by atoms with Gasteiger partial charge >= 0.3 is 6.18 Å². The molecular formula is C27H24ClF3N4O2. The minimum absolute atomic E-state index is 0.0150. The highest BCUT2D eigenvalue weighted by atomic mass is 35.5. The Kier molecular flexibility index (Phi) is 7.91. The first-order valence-electron chi connectivity index (χ1n) is 11.5. The number of nitrogens with two attached hydrogens (primary N) is 1. The second kappa shape index (κ2) is 11.1. The lowest BCUT2D eigenvalue weighted by molar-refractivity contribution is -0.139. The Labute approximate surface area is 217 Å². The number of nitrogens with one attached hydrogen (secondary N) is 1. The number of carbonyl (C=O) groups is 1. The number of halogens is 4. The van der Waals surface area contributed by atoms with E-state index in [1.807, 2.05) is 7.05 Å². The second-order valence-corrected chi connectivity index (χ2v) is 9.07. The standard InChI is InChI=1S/C27H24ClF3N4O2/c1-35-13-10-21(11-14-35)37-24-9-7-20(16-22(24)27(29,30)31)34-26(36)19-6-8-23(28)18(15-19)5-4-17-3-2-12-33-25(17)32/h2-3,6-9,12,15-16,21H,10-11,13-14H2,1H3,(H2,32,33)(H,34,36). The molecule has 37 heavy (non-hydrogen) atoms. The average molecular weight is 529 g/mol. The number of amides is 1. The van der Waals surface area contributed by atoms with Gasteiger partial charge in [0.25, 0.3) is 5.91 Å². The Morgan fingerprint density at radius 3 is 2.57 bits per heavy atom. The Bertz CT molecular complexity index is 1360. The molecule has 0 saturated carbocycles. The first-order chi connectivity index (χ1) is 17.6. The molecule has 1 aliphatic heterocycles. The minimum atomic E-state index is -4.65. The molecule has 0 radical (unpaired) electrons. The Morgan fingerprint density at radius 1 is 1.14 bits per heavy atom. The molecule has 3 aromatic rings. The number of nitrogen functional groups attached to an aromatic ring is 1. The summed E-state index contributed by atoms with van der Waals surface area (Å²) in [5.41, 5.74) is 5.86. The number of nitrogens with zero attached hydrogens (tertiary/aromatic N) is 2. The van der Waals surface area contributed by atoms with Crippen LogP contribution in [0.5, 0.6) is 5.75 Å². The predicted octanol–water partition coefficient (Wildman–Crippen LogP) is 5.46. The second-order valence-electron chi connectivity index (χ2n) is 8.66. The summed E-state index contributed by atoms with van der Waals surface area (Å²) < 4.78 is 47.1. The van der Waals surface area contributed by atoms with Crippen molar-refractivity contribution in [1.82, 2.24) is 9.88 Å². The molecule has 6 nitrogen and oxygen atoms in total. The molecule has 0 spiro atoms. The van der Waals surface area contributed by atoms with Gasteiger partial charge in [0.05, 0.1) is 16.1 Å². The van der Waals surface area contributed by atoms with Crippen molar-refractivity contribution >= 4 is 29.0 Å². The highest BCUT2D eigenvalue weighted by Crippen LogP contribution is 2.39. The van der Waals surface area contributed by atoms with Crippen molar-refractivity contribution in [3.05, 3.63) is 82.0 Å². The van der Waals surface area contributed by atoms with Gasteiger partial charge in [-0.3, -0.25) is 4.79 Å². The van der Waals surface area contributed by atoms with Crippen molar-refractivity contribution in [1.29, 1.82) is 0 Å². The number of alkyl halides is 3. The number of benzene rings is 2. The number of ether oxygens (including phenoxy) is 1. The number of carbonyl (C=O) groups excluding carboxylic acids is 1. The quantitative estimate of drug-likeness (QED) is 0.439. The van der Waals surface area contributed by atoms with E-state index in [-0.39, 0.29) is 28.9 Å². The molecular weight excluding hydrogens is 505 g/mol. The molecule has 2 heterocycles. The van der Waals surface area contributed by atoms with Crippen LogP contribution >= 0.6 is 11.6 Å². The van der Waals surface area contributed by atoms with Crippen LogP contribution in [0.25, 0.3) is 0 Å². The maximum atomic E-state index is 13.8. The zero-order chi connectivity index (χ0) is 26.6. The van der Waals surface area contributed by atoms with Crippen LogP contribution in [0.3, 0.4) is 0 Å². The maximum absolute atomic E-state index is 13.8. The number of pyridine rings is 1. The molecule has 0 atom stereocenters. The third-order valence-electron chi connectivity index (χ3n) is 5.90. The third kappa shape index (κ3) is 6.73. The fraction of sp³-hybridized carbons (Fsp3) is 0.259. The lowest BCUT2D eigenvalue weighted by Crippen LogP contribution is -2.36. The van der Waals surface area contributed by atoms with Gasteiger partial charge in [-0.05, 0) is 68.4 Å². The average Bonchev–Trinajstić information content (AvgIpc) is 2.86. The van der Waals surface area contributed by atoms with Crippen molar-refractivity contribution < 1.29 is 22.7 Å². The van der Waals surface area contributed by atoms with Gasteiger partial charge in [0.1, 0.15) is 17.7 Å². The van der Waals surface area contributed by atoms with Crippen molar-refractivity contribution in [3.63, 3.8) is 0 Å². The molecule has 3 N–H and O–H groups in total. The molecule has 1 saturated heterocycles. The van der Waals surface area contributed by atoms with Crippen LogP contribution in [0, 0.1) is 11.8 Å². The molecule has 1 aromatic heterocycles. The molecule has 2 aromatic carbocycles. The van der Waals surface area contributed by atoms with E-state index < -0.39 is 17.6 Å². The number of anilines is 2. The third-order valence-corrected chi connectivity index (χ3v) is 6.23. The fourth-order valence-electron chi connectivity index (χ4n) is 3.84. The van der Waals surface area contributed by atoms with Crippen LogP contribution in [0.2, 0.25) is 5.02 Å². The van der Waals surface area contributed by atoms with Crippen LogP contribution in [0.15, 0.2) is 54.7 Å². The Balaban J connectivity index is 1.53. The molecule has 0 unspecified atom stereocenters. The summed E-state index contributed by atoms with van der Waals surface area (Å²) in [4.78, 5) is 18.9. The van der Waals surface area contributed by atoms with Gasteiger partial charge in [0, 0.05) is 36.1 Å². The summed E-state index contributed by atoms with van der Waals surface area (Å²) in [6.07, 6.45) is -2.13. The number of piperidine rings is 1. The number of aromatic nitrogens is 1. The number of hydrogen-bond acceptors (Lipinski definition) is 5. The van der Waals surface area contributed by atoms with Crippen molar-refractivity contribution in [2.24, 2.45) is 0 Å². The van der Waals surface area contributed by atoms with Gasteiger partial charge in [-0.1, -0.05) is 23.4 Å². The predicted molar refractivity (Wildman–Crippen MR) is 137 cm³/mol. The van der Waals surface area contributed by atoms with Crippen molar-refractivity contribution in [2.75, 3.05) is 31.2 Å². The van der Waals surface area contributed by atoms with Crippen LogP contribution in [-0.2, 0) is 6.18 Å². The SMILES string of the molecule is CN1CCC(Oc2ccc(NC(=O)c3ccc(Cl)c(C#Cc4cccnc4N)c3)cc2C(F)(F)F)CC1. The van der Waals surface area contributed by atoms with E-state index in [0.717, 1.165) is 19.2 Å². The maximum Gasteiger partial charge on any atom is 0.420 e.